The first-order valence-corrected chi connectivity index (χ1v) is 22.0. The topological polar surface area (TPSA) is 119 Å². The highest BCUT2D eigenvalue weighted by Gasteiger charge is 2.55. The first-order chi connectivity index (χ1) is 32.8. The molecule has 1 aliphatic heterocycles. The van der Waals surface area contributed by atoms with Gasteiger partial charge < -0.3 is 29.0 Å². The monoisotopic (exact) mass is 893 g/mol. The quantitative estimate of drug-likeness (QED) is 0.0435. The minimum atomic E-state index is -1.65. The van der Waals surface area contributed by atoms with E-state index in [1.54, 1.807) is 25.7 Å². The van der Waals surface area contributed by atoms with Crippen molar-refractivity contribution in [2.45, 2.75) is 48.8 Å². The smallest absolute Gasteiger partial charge is 0.312 e. The molecule has 1 saturated heterocycles. The molecule has 0 radical (unpaired) electrons. The Kier molecular flexibility index (Phi) is 12.5. The maximum atomic E-state index is 16.2. The summed E-state index contributed by atoms with van der Waals surface area (Å²) in [6.07, 6.45) is 5.36. The second-order valence-electron chi connectivity index (χ2n) is 16.1. The van der Waals surface area contributed by atoms with Crippen molar-refractivity contribution in [1.29, 1.82) is 0 Å². The lowest BCUT2D eigenvalue weighted by Gasteiger charge is -2.41. The van der Waals surface area contributed by atoms with E-state index in [-0.39, 0.29) is 36.4 Å². The van der Waals surface area contributed by atoms with Crippen molar-refractivity contribution in [2.24, 2.45) is 0 Å². The number of benzene rings is 6. The Labute approximate surface area is 388 Å². The minimum Gasteiger partial charge on any atom is -0.497 e. The largest absolute Gasteiger partial charge is 0.497 e. The van der Waals surface area contributed by atoms with Gasteiger partial charge in [-0.05, 0) is 57.6 Å². The Morgan fingerprint density at radius 2 is 1.22 bits per heavy atom. The number of nitrogens with zero attached hydrogens (tertiary/aromatic N) is 4. The Morgan fingerprint density at radius 1 is 0.746 bits per heavy atom. The average molecular weight is 894 g/mol. The van der Waals surface area contributed by atoms with Crippen LogP contribution in [0.1, 0.15) is 59.4 Å². The van der Waals surface area contributed by atoms with Gasteiger partial charge in [-0.25, -0.2) is 4.98 Å². The Hall–Kier alpha value is -7.85. The summed E-state index contributed by atoms with van der Waals surface area (Å²) in [6.45, 7) is 1.37. The van der Waals surface area contributed by atoms with Crippen molar-refractivity contribution in [1.82, 2.24) is 19.5 Å². The van der Waals surface area contributed by atoms with Crippen LogP contribution < -0.4 is 14.8 Å². The lowest BCUT2D eigenvalue weighted by atomic mass is 9.77. The zero-order valence-corrected chi connectivity index (χ0v) is 37.2. The SMILES string of the molecule is C#C[C@]1(COC(=O)CC)O[C@@H](n2cnc3c(NC(c4ccccc4)(c4ccccc4)c4ccc(OC)cc4)nc(F)nc32)C[C@@H]1OC(c1ccccc1)(c1ccccc1)c1ccc(OC)cc1. The van der Waals surface area contributed by atoms with Crippen molar-refractivity contribution in [3.63, 3.8) is 0 Å². The molecule has 0 spiro atoms. The van der Waals surface area contributed by atoms with E-state index in [9.17, 15) is 4.79 Å². The van der Waals surface area contributed by atoms with Crippen molar-refractivity contribution in [3.05, 3.63) is 216 Å². The molecule has 1 N–H and O–H groups in total. The number of fused-ring (bicyclic) bond motifs is 1. The van der Waals surface area contributed by atoms with Crippen molar-refractivity contribution in [2.75, 3.05) is 26.1 Å². The minimum absolute atomic E-state index is 0.106. The Bertz CT molecular complexity index is 2910. The molecule has 9 rings (SSSR count). The summed E-state index contributed by atoms with van der Waals surface area (Å²) in [4.78, 5) is 26.4. The van der Waals surface area contributed by atoms with Gasteiger partial charge in [-0.15, -0.1) is 6.42 Å². The summed E-state index contributed by atoms with van der Waals surface area (Å²) in [5.41, 5.74) is 1.29. The van der Waals surface area contributed by atoms with E-state index in [1.165, 1.54) is 6.33 Å². The van der Waals surface area contributed by atoms with Gasteiger partial charge in [0.1, 0.15) is 41.6 Å². The fourth-order valence-corrected chi connectivity index (χ4v) is 9.03. The molecule has 0 unspecified atom stereocenters. The normalized spacial score (nSPS) is 17.1. The summed E-state index contributed by atoms with van der Waals surface area (Å²) < 4.78 is 49.2. The molecule has 11 nitrogen and oxygen atoms in total. The van der Waals surface area contributed by atoms with Gasteiger partial charge in [0, 0.05) is 12.8 Å². The second-order valence-corrected chi connectivity index (χ2v) is 16.1. The fraction of sp³-hybridized carbons (Fsp3) is 0.200. The lowest BCUT2D eigenvalue weighted by molar-refractivity contribution is -0.164. The number of anilines is 1. The van der Waals surface area contributed by atoms with Crippen LogP contribution in [0.2, 0.25) is 0 Å². The van der Waals surface area contributed by atoms with E-state index >= 15 is 4.39 Å². The molecule has 0 saturated carbocycles. The third-order valence-electron chi connectivity index (χ3n) is 12.4. The Morgan fingerprint density at radius 3 is 1.72 bits per heavy atom. The number of hydrogen-bond acceptors (Lipinski definition) is 10. The van der Waals surface area contributed by atoms with Crippen LogP contribution in [-0.2, 0) is 30.1 Å². The molecule has 0 bridgehead atoms. The number of rotatable bonds is 16. The van der Waals surface area contributed by atoms with Gasteiger partial charge >= 0.3 is 12.0 Å². The molecule has 1 aliphatic rings. The van der Waals surface area contributed by atoms with Crippen molar-refractivity contribution >= 4 is 23.0 Å². The lowest BCUT2D eigenvalue weighted by Crippen LogP contribution is -2.49. The van der Waals surface area contributed by atoms with E-state index < -0.39 is 41.1 Å². The third kappa shape index (κ3) is 8.24. The molecule has 336 valence electrons. The van der Waals surface area contributed by atoms with Gasteiger partial charge in [-0.2, -0.15) is 14.4 Å². The molecule has 3 heterocycles. The zero-order chi connectivity index (χ0) is 46.4. The van der Waals surface area contributed by atoms with Gasteiger partial charge in [-0.1, -0.05) is 158 Å². The van der Waals surface area contributed by atoms with Crippen LogP contribution in [0.15, 0.2) is 176 Å². The fourth-order valence-electron chi connectivity index (χ4n) is 9.03. The molecule has 12 heteroatoms. The number of carbonyl (C=O) groups is 1. The molecule has 0 aliphatic carbocycles. The van der Waals surface area contributed by atoms with Crippen LogP contribution in [0.5, 0.6) is 11.5 Å². The van der Waals surface area contributed by atoms with E-state index in [0.717, 1.165) is 33.4 Å². The summed E-state index contributed by atoms with van der Waals surface area (Å²) in [7, 11) is 3.23. The number of ether oxygens (including phenoxy) is 5. The molecule has 2 aromatic heterocycles. The molecule has 6 aromatic carbocycles. The number of imidazole rings is 1. The summed E-state index contributed by atoms with van der Waals surface area (Å²) in [6, 6.07) is 54.7. The predicted octanol–water partition coefficient (Wildman–Crippen LogP) is 10.0. The molecule has 3 atom stereocenters. The van der Waals surface area contributed by atoms with Gasteiger partial charge in [0.2, 0.25) is 0 Å². The summed E-state index contributed by atoms with van der Waals surface area (Å²) in [5, 5.41) is 3.66. The molecular weight excluding hydrogens is 846 g/mol. The zero-order valence-electron chi connectivity index (χ0n) is 37.2. The highest BCUT2D eigenvalue weighted by molar-refractivity contribution is 5.84. The van der Waals surface area contributed by atoms with Gasteiger partial charge in [0.05, 0.1) is 20.5 Å². The van der Waals surface area contributed by atoms with Crippen molar-refractivity contribution < 1.29 is 32.9 Å². The number of carbonyl (C=O) groups excluding carboxylic acids is 1. The number of nitrogens with one attached hydrogen (secondary N) is 1. The number of halogens is 1. The third-order valence-corrected chi connectivity index (χ3v) is 12.4. The maximum Gasteiger partial charge on any atom is 0.312 e. The number of methoxy groups -OCH3 is 2. The molecule has 8 aromatic rings. The standard InChI is InChI=1S/C55H48FN5O6/c1-5-48(62)65-36-53(6-2)46(66-55(41-23-15-9-16-24-41,42-25-17-10-18-26-42)43-29-33-45(64-4)34-30-43)35-47(67-53)61-37-57-49-50(58-52(56)59-51(49)61)60-54(38-19-11-7-12-20-38,39-21-13-8-14-22-39)40-27-31-44(63-3)32-28-40/h2,7-34,37,46-47H,5,35-36H2,1,3-4H3,(H,58,59,60)/t46-,47+,53+/m0/s1. The highest BCUT2D eigenvalue weighted by Crippen LogP contribution is 2.49. The van der Waals surface area contributed by atoms with Gasteiger partial charge in [-0.3, -0.25) is 9.36 Å². The number of esters is 1. The average Bonchev–Trinajstić information content (AvgIpc) is 3.99. The van der Waals surface area contributed by atoms with Crippen LogP contribution in [-0.4, -0.2) is 58.0 Å². The molecular formula is C55H48FN5O6. The first kappa shape index (κ1) is 44.4. The Balaban J connectivity index is 1.19. The van der Waals surface area contributed by atoms with E-state index in [0.29, 0.717) is 11.5 Å². The predicted molar refractivity (Wildman–Crippen MR) is 253 cm³/mol. The molecule has 67 heavy (non-hydrogen) atoms. The van der Waals surface area contributed by atoms with Gasteiger partial charge in [0.15, 0.2) is 22.6 Å². The first-order valence-electron chi connectivity index (χ1n) is 22.0. The van der Waals surface area contributed by atoms with Gasteiger partial charge in [0.25, 0.3) is 0 Å². The molecule has 0 amide bonds. The number of terminal acetylenes is 1. The molecule has 1 fully saturated rings. The summed E-state index contributed by atoms with van der Waals surface area (Å²) in [5.74, 6) is 3.85. The van der Waals surface area contributed by atoms with Crippen molar-refractivity contribution in [3.8, 4) is 23.8 Å². The highest BCUT2D eigenvalue weighted by atomic mass is 19.1. The number of aromatic nitrogens is 4. The van der Waals surface area contributed by atoms with Crippen LogP contribution in [0.25, 0.3) is 11.2 Å². The van der Waals surface area contributed by atoms with E-state index in [2.05, 4.69) is 21.2 Å². The van der Waals surface area contributed by atoms with Crippen LogP contribution >= 0.6 is 0 Å². The van der Waals surface area contributed by atoms with E-state index in [1.807, 2.05) is 170 Å². The maximum absolute atomic E-state index is 16.2. The van der Waals surface area contributed by atoms with Crippen LogP contribution in [0, 0.1) is 18.4 Å². The second kappa shape index (κ2) is 18.9. The van der Waals surface area contributed by atoms with E-state index in [4.69, 9.17) is 35.1 Å². The van der Waals surface area contributed by atoms with Crippen LogP contribution in [0.4, 0.5) is 10.2 Å². The van der Waals surface area contributed by atoms with Crippen LogP contribution in [0.3, 0.4) is 0 Å². The number of hydrogen-bond donors (Lipinski definition) is 1. The summed E-state index contributed by atoms with van der Waals surface area (Å²) >= 11 is 0.